The molecule has 3 aromatic rings. The van der Waals surface area contributed by atoms with Crippen molar-refractivity contribution in [1.29, 1.82) is 0 Å². The third-order valence-electron chi connectivity index (χ3n) is 2.94. The Balaban J connectivity index is 1.70. The summed E-state index contributed by atoms with van der Waals surface area (Å²) in [7, 11) is 0. The number of azo groups is 1. The first-order valence-corrected chi connectivity index (χ1v) is 6.28. The van der Waals surface area contributed by atoms with E-state index in [1.807, 2.05) is 24.3 Å². The largest absolute Gasteiger partial charge is 0.321 e. The number of H-pyrrole nitrogens is 1. The lowest BCUT2D eigenvalue weighted by molar-refractivity contribution is -0.384. The SMILES string of the molecule is O=[N+]([O-])c1ccc(CN=Nc2nc3ccccc3[nH]2)cc1. The van der Waals surface area contributed by atoms with E-state index in [1.165, 1.54) is 12.1 Å². The van der Waals surface area contributed by atoms with Crippen molar-refractivity contribution in [2.24, 2.45) is 10.2 Å². The van der Waals surface area contributed by atoms with Crippen molar-refractivity contribution in [3.8, 4) is 0 Å². The maximum atomic E-state index is 10.5. The number of rotatable bonds is 4. The van der Waals surface area contributed by atoms with Crippen LogP contribution in [0.1, 0.15) is 5.56 Å². The molecule has 0 radical (unpaired) electrons. The highest BCUT2D eigenvalue weighted by Gasteiger charge is 2.03. The molecule has 0 saturated carbocycles. The number of aromatic amines is 1. The summed E-state index contributed by atoms with van der Waals surface area (Å²) in [5.41, 5.74) is 2.65. The van der Waals surface area contributed by atoms with E-state index in [9.17, 15) is 10.1 Å². The predicted molar refractivity (Wildman–Crippen MR) is 77.4 cm³/mol. The molecule has 7 heteroatoms. The van der Waals surface area contributed by atoms with Crippen LogP contribution in [0.15, 0.2) is 58.8 Å². The van der Waals surface area contributed by atoms with E-state index in [1.54, 1.807) is 12.1 Å². The molecule has 0 unspecified atom stereocenters. The van der Waals surface area contributed by atoms with E-state index in [4.69, 9.17) is 0 Å². The molecular weight excluding hydrogens is 270 g/mol. The van der Waals surface area contributed by atoms with E-state index < -0.39 is 4.92 Å². The van der Waals surface area contributed by atoms with Crippen LogP contribution >= 0.6 is 0 Å². The van der Waals surface area contributed by atoms with Crippen molar-refractivity contribution in [3.63, 3.8) is 0 Å². The van der Waals surface area contributed by atoms with Crippen molar-refractivity contribution in [3.05, 3.63) is 64.2 Å². The minimum absolute atomic E-state index is 0.0629. The van der Waals surface area contributed by atoms with Gasteiger partial charge in [0, 0.05) is 12.1 Å². The molecule has 0 fully saturated rings. The molecule has 7 nitrogen and oxygen atoms in total. The maximum absolute atomic E-state index is 10.5. The fraction of sp³-hybridized carbons (Fsp3) is 0.0714. The van der Waals surface area contributed by atoms with Crippen molar-refractivity contribution in [2.75, 3.05) is 0 Å². The standard InChI is InChI=1S/C14H11N5O2/c20-19(21)11-7-5-10(6-8-11)9-15-18-14-16-12-3-1-2-4-13(12)17-14/h1-8H,9H2,(H,16,17). The average molecular weight is 281 g/mol. The number of nitrogens with one attached hydrogen (secondary N) is 1. The van der Waals surface area contributed by atoms with E-state index in [-0.39, 0.29) is 5.69 Å². The first-order chi connectivity index (χ1) is 10.2. The summed E-state index contributed by atoms with van der Waals surface area (Å²) in [6.07, 6.45) is 0. The summed E-state index contributed by atoms with van der Waals surface area (Å²) in [5, 5.41) is 18.6. The normalized spacial score (nSPS) is 11.2. The van der Waals surface area contributed by atoms with Gasteiger partial charge in [0.05, 0.1) is 22.5 Å². The molecule has 2 aromatic carbocycles. The number of nitro groups is 1. The lowest BCUT2D eigenvalue weighted by Crippen LogP contribution is -1.88. The summed E-state index contributed by atoms with van der Waals surface area (Å²) in [6.45, 7) is 0.342. The summed E-state index contributed by atoms with van der Waals surface area (Å²) in [5.74, 6) is 0.443. The van der Waals surface area contributed by atoms with Crippen LogP contribution in [0.3, 0.4) is 0 Å². The third kappa shape index (κ3) is 2.92. The van der Waals surface area contributed by atoms with Gasteiger partial charge in [-0.25, -0.2) is 4.98 Å². The number of hydrogen-bond donors (Lipinski definition) is 1. The summed E-state index contributed by atoms with van der Waals surface area (Å²) >= 11 is 0. The molecule has 1 aromatic heterocycles. The molecule has 1 heterocycles. The molecule has 1 N–H and O–H groups in total. The molecule has 0 saturated heterocycles. The summed E-state index contributed by atoms with van der Waals surface area (Å²) in [6, 6.07) is 13.8. The minimum atomic E-state index is -0.431. The maximum Gasteiger partial charge on any atom is 0.269 e. The van der Waals surface area contributed by atoms with Crippen LogP contribution in [-0.4, -0.2) is 14.9 Å². The van der Waals surface area contributed by atoms with Crippen molar-refractivity contribution < 1.29 is 4.92 Å². The number of nitro benzene ring substituents is 1. The summed E-state index contributed by atoms with van der Waals surface area (Å²) in [4.78, 5) is 17.4. The van der Waals surface area contributed by atoms with Gasteiger partial charge in [0.1, 0.15) is 0 Å². The number of fused-ring (bicyclic) bond motifs is 1. The smallest absolute Gasteiger partial charge is 0.269 e. The van der Waals surface area contributed by atoms with Gasteiger partial charge in [-0.3, -0.25) is 10.1 Å². The molecule has 0 aliphatic rings. The fourth-order valence-electron chi connectivity index (χ4n) is 1.89. The number of aromatic nitrogens is 2. The van der Waals surface area contributed by atoms with Gasteiger partial charge in [-0.05, 0) is 17.7 Å². The highest BCUT2D eigenvalue weighted by Crippen LogP contribution is 2.17. The van der Waals surface area contributed by atoms with Crippen molar-refractivity contribution in [1.82, 2.24) is 9.97 Å². The number of para-hydroxylation sites is 2. The molecule has 0 spiro atoms. The predicted octanol–water partition coefficient (Wildman–Crippen LogP) is 3.76. The van der Waals surface area contributed by atoms with Gasteiger partial charge in [-0.2, -0.15) is 5.11 Å². The van der Waals surface area contributed by atoms with Crippen LogP contribution in [-0.2, 0) is 6.54 Å². The average Bonchev–Trinajstić information content (AvgIpc) is 2.90. The van der Waals surface area contributed by atoms with Crippen LogP contribution < -0.4 is 0 Å². The first kappa shape index (κ1) is 12.9. The Kier molecular flexibility index (Phi) is 3.38. The topological polar surface area (TPSA) is 96.5 Å². The number of benzene rings is 2. The molecule has 0 atom stereocenters. The zero-order valence-corrected chi connectivity index (χ0v) is 10.9. The van der Waals surface area contributed by atoms with Crippen LogP contribution in [0.25, 0.3) is 11.0 Å². The van der Waals surface area contributed by atoms with Gasteiger partial charge in [0.25, 0.3) is 5.69 Å². The van der Waals surface area contributed by atoms with Gasteiger partial charge < -0.3 is 4.98 Å². The lowest BCUT2D eigenvalue weighted by atomic mass is 10.2. The molecule has 0 aliphatic heterocycles. The molecule has 104 valence electrons. The van der Waals surface area contributed by atoms with E-state index in [2.05, 4.69) is 20.2 Å². The molecular formula is C14H11N5O2. The van der Waals surface area contributed by atoms with Crippen LogP contribution in [0.5, 0.6) is 0 Å². The second-order valence-electron chi connectivity index (χ2n) is 4.40. The van der Waals surface area contributed by atoms with Crippen molar-refractivity contribution in [2.45, 2.75) is 6.54 Å². The second-order valence-corrected chi connectivity index (χ2v) is 4.40. The molecule has 3 rings (SSSR count). The Morgan fingerprint density at radius 1 is 1.14 bits per heavy atom. The van der Waals surface area contributed by atoms with Gasteiger partial charge >= 0.3 is 0 Å². The molecule has 0 amide bonds. The minimum Gasteiger partial charge on any atom is -0.321 e. The first-order valence-electron chi connectivity index (χ1n) is 6.28. The van der Waals surface area contributed by atoms with Gasteiger partial charge in [-0.15, -0.1) is 5.11 Å². The van der Waals surface area contributed by atoms with Gasteiger partial charge in [0.15, 0.2) is 0 Å². The monoisotopic (exact) mass is 281 g/mol. The van der Waals surface area contributed by atoms with E-state index in [0.717, 1.165) is 16.6 Å². The van der Waals surface area contributed by atoms with Crippen LogP contribution in [0, 0.1) is 10.1 Å². The molecule has 21 heavy (non-hydrogen) atoms. The highest BCUT2D eigenvalue weighted by molar-refractivity contribution is 5.76. The summed E-state index contributed by atoms with van der Waals surface area (Å²) < 4.78 is 0. The Hall–Kier alpha value is -3.09. The lowest BCUT2D eigenvalue weighted by Gasteiger charge is -1.94. The zero-order valence-electron chi connectivity index (χ0n) is 10.9. The Labute approximate surface area is 119 Å². The number of non-ortho nitro benzene ring substituents is 1. The van der Waals surface area contributed by atoms with Crippen molar-refractivity contribution >= 4 is 22.7 Å². The zero-order chi connectivity index (χ0) is 14.7. The molecule has 0 bridgehead atoms. The number of hydrogen-bond acceptors (Lipinski definition) is 5. The number of nitrogens with zero attached hydrogens (tertiary/aromatic N) is 4. The number of imidazole rings is 1. The van der Waals surface area contributed by atoms with Crippen LogP contribution in [0.4, 0.5) is 11.6 Å². The Bertz CT molecular complexity index is 775. The third-order valence-corrected chi connectivity index (χ3v) is 2.94. The van der Waals surface area contributed by atoms with Gasteiger partial charge in [-0.1, -0.05) is 24.3 Å². The van der Waals surface area contributed by atoms with E-state index in [0.29, 0.717) is 12.5 Å². The second kappa shape index (κ2) is 5.49. The fourth-order valence-corrected chi connectivity index (χ4v) is 1.89. The van der Waals surface area contributed by atoms with Crippen LogP contribution in [0.2, 0.25) is 0 Å². The Morgan fingerprint density at radius 2 is 1.90 bits per heavy atom. The van der Waals surface area contributed by atoms with E-state index >= 15 is 0 Å². The highest BCUT2D eigenvalue weighted by atomic mass is 16.6. The quantitative estimate of drug-likeness (QED) is 0.448. The van der Waals surface area contributed by atoms with Gasteiger partial charge in [0.2, 0.25) is 5.95 Å². The molecule has 0 aliphatic carbocycles. The Morgan fingerprint density at radius 3 is 2.62 bits per heavy atom.